The van der Waals surface area contributed by atoms with Gasteiger partial charge >= 0.3 is 5.97 Å². The number of phenols is 1. The van der Waals surface area contributed by atoms with E-state index in [4.69, 9.17) is 5.11 Å². The van der Waals surface area contributed by atoms with Crippen LogP contribution in [0.5, 0.6) is 5.75 Å². The minimum atomic E-state index is -4.11. The third-order valence-electron chi connectivity index (χ3n) is 2.48. The highest BCUT2D eigenvalue weighted by molar-refractivity contribution is 7.92. The fraction of sp³-hybridized carbons (Fsp3) is 0. The molecule has 0 radical (unpaired) electrons. The summed E-state index contributed by atoms with van der Waals surface area (Å²) in [5.74, 6) is -2.78. The lowest BCUT2D eigenvalue weighted by molar-refractivity contribution is 0.0693. The molecular weight excluding hydrogens is 303 g/mol. The minimum absolute atomic E-state index is 0.124. The van der Waals surface area contributed by atoms with Crippen molar-refractivity contribution in [2.24, 2.45) is 0 Å². The third-order valence-corrected chi connectivity index (χ3v) is 3.83. The van der Waals surface area contributed by atoms with E-state index in [2.05, 4.69) is 9.71 Å². The highest BCUT2D eigenvalue weighted by Crippen LogP contribution is 2.22. The molecule has 0 atom stereocenters. The number of benzene rings is 1. The van der Waals surface area contributed by atoms with Crippen LogP contribution in [0.1, 0.15) is 10.4 Å². The maximum Gasteiger partial charge on any atom is 0.339 e. The number of carbonyl (C=O) groups is 1. The molecule has 0 aliphatic rings. The quantitative estimate of drug-likeness (QED) is 0.786. The second-order valence-electron chi connectivity index (χ2n) is 3.95. The number of hydrogen-bond donors (Lipinski definition) is 3. The summed E-state index contributed by atoms with van der Waals surface area (Å²) in [5.41, 5.74) is -0.551. The average molecular weight is 312 g/mol. The summed E-state index contributed by atoms with van der Waals surface area (Å²) in [5, 5.41) is 18.2. The van der Waals surface area contributed by atoms with Crippen LogP contribution in [0, 0.1) is 5.82 Å². The number of nitrogens with zero attached hydrogens (tertiary/aromatic N) is 1. The Morgan fingerprint density at radius 2 is 1.95 bits per heavy atom. The van der Waals surface area contributed by atoms with Crippen molar-refractivity contribution in [2.45, 2.75) is 4.90 Å². The predicted octanol–water partition coefficient (Wildman–Crippen LogP) is 1.43. The number of rotatable bonds is 4. The molecule has 0 bridgehead atoms. The number of carboxylic acid groups (broad SMARTS) is 1. The Kier molecular flexibility index (Phi) is 3.76. The van der Waals surface area contributed by atoms with Gasteiger partial charge in [0.2, 0.25) is 0 Å². The fourth-order valence-corrected chi connectivity index (χ4v) is 2.52. The molecule has 21 heavy (non-hydrogen) atoms. The van der Waals surface area contributed by atoms with Crippen LogP contribution >= 0.6 is 0 Å². The van der Waals surface area contributed by atoms with Crippen LogP contribution in [0.15, 0.2) is 41.4 Å². The SMILES string of the molecule is O=C(O)c1cc(S(=O)(=O)Nc2ccc(F)cn2)ccc1O. The van der Waals surface area contributed by atoms with Crippen LogP contribution in [0.3, 0.4) is 0 Å². The summed E-state index contributed by atoms with van der Waals surface area (Å²) in [4.78, 5) is 14.0. The largest absolute Gasteiger partial charge is 0.507 e. The van der Waals surface area contributed by atoms with Gasteiger partial charge in [-0.2, -0.15) is 0 Å². The van der Waals surface area contributed by atoms with E-state index in [1.165, 1.54) is 0 Å². The van der Waals surface area contributed by atoms with E-state index in [0.29, 0.717) is 0 Å². The van der Waals surface area contributed by atoms with Gasteiger partial charge in [-0.05, 0) is 30.3 Å². The predicted molar refractivity (Wildman–Crippen MR) is 70.1 cm³/mol. The Morgan fingerprint density at radius 3 is 2.52 bits per heavy atom. The second-order valence-corrected chi connectivity index (χ2v) is 5.63. The number of nitrogens with one attached hydrogen (secondary N) is 1. The van der Waals surface area contributed by atoms with Crippen molar-refractivity contribution in [2.75, 3.05) is 4.72 Å². The van der Waals surface area contributed by atoms with Crippen LogP contribution in [0.2, 0.25) is 0 Å². The smallest absolute Gasteiger partial charge is 0.339 e. The van der Waals surface area contributed by atoms with E-state index in [9.17, 15) is 22.7 Å². The summed E-state index contributed by atoms with van der Waals surface area (Å²) in [6, 6.07) is 4.93. The van der Waals surface area contributed by atoms with Gasteiger partial charge in [0.25, 0.3) is 10.0 Å². The zero-order valence-electron chi connectivity index (χ0n) is 10.3. The molecule has 0 saturated heterocycles. The molecule has 1 aromatic carbocycles. The van der Waals surface area contributed by atoms with Crippen molar-refractivity contribution >= 4 is 21.8 Å². The lowest BCUT2D eigenvalue weighted by atomic mass is 10.2. The van der Waals surface area contributed by atoms with Crippen LogP contribution in [-0.4, -0.2) is 29.6 Å². The second kappa shape index (κ2) is 5.37. The van der Waals surface area contributed by atoms with Gasteiger partial charge in [0.1, 0.15) is 22.9 Å². The molecule has 2 rings (SSSR count). The normalized spacial score (nSPS) is 11.1. The first-order valence-electron chi connectivity index (χ1n) is 5.50. The van der Waals surface area contributed by atoms with E-state index >= 15 is 0 Å². The first-order chi connectivity index (χ1) is 9.79. The van der Waals surface area contributed by atoms with Crippen molar-refractivity contribution in [1.82, 2.24) is 4.98 Å². The number of aromatic nitrogens is 1. The number of sulfonamides is 1. The third kappa shape index (κ3) is 3.26. The van der Waals surface area contributed by atoms with Gasteiger partial charge in [-0.15, -0.1) is 0 Å². The number of aromatic carboxylic acids is 1. The number of pyridine rings is 1. The van der Waals surface area contributed by atoms with E-state index in [-0.39, 0.29) is 10.7 Å². The Bertz CT molecular complexity index is 790. The van der Waals surface area contributed by atoms with Gasteiger partial charge in [-0.3, -0.25) is 4.72 Å². The van der Waals surface area contributed by atoms with Crippen LogP contribution in [0.25, 0.3) is 0 Å². The first-order valence-corrected chi connectivity index (χ1v) is 6.98. The molecule has 0 saturated carbocycles. The summed E-state index contributed by atoms with van der Waals surface area (Å²) >= 11 is 0. The van der Waals surface area contributed by atoms with Crippen LogP contribution in [-0.2, 0) is 10.0 Å². The molecule has 3 N–H and O–H groups in total. The zero-order valence-corrected chi connectivity index (χ0v) is 11.1. The van der Waals surface area contributed by atoms with E-state index in [1.807, 2.05) is 0 Å². The van der Waals surface area contributed by atoms with Gasteiger partial charge in [-0.25, -0.2) is 22.6 Å². The van der Waals surface area contributed by atoms with Crippen LogP contribution < -0.4 is 4.72 Å². The van der Waals surface area contributed by atoms with Gasteiger partial charge in [0, 0.05) is 0 Å². The van der Waals surface area contributed by atoms with Crippen molar-refractivity contribution in [1.29, 1.82) is 0 Å². The Hall–Kier alpha value is -2.68. The van der Waals surface area contributed by atoms with E-state index in [0.717, 1.165) is 36.5 Å². The van der Waals surface area contributed by atoms with Gasteiger partial charge in [0.05, 0.1) is 11.1 Å². The van der Waals surface area contributed by atoms with Crippen molar-refractivity contribution < 1.29 is 27.8 Å². The first kappa shape index (κ1) is 14.7. The Morgan fingerprint density at radius 1 is 1.24 bits per heavy atom. The number of halogens is 1. The van der Waals surface area contributed by atoms with Gasteiger partial charge in [0.15, 0.2) is 0 Å². The summed E-state index contributed by atoms with van der Waals surface area (Å²) in [7, 11) is -4.11. The molecule has 0 unspecified atom stereocenters. The van der Waals surface area contributed by atoms with Crippen molar-refractivity contribution in [3.8, 4) is 5.75 Å². The molecule has 7 nitrogen and oxygen atoms in total. The Balaban J connectivity index is 2.38. The zero-order chi connectivity index (χ0) is 15.6. The number of carboxylic acids is 1. The van der Waals surface area contributed by atoms with E-state index in [1.54, 1.807) is 0 Å². The molecule has 9 heteroatoms. The molecule has 0 spiro atoms. The maximum atomic E-state index is 12.7. The summed E-state index contributed by atoms with van der Waals surface area (Å²) in [6.45, 7) is 0. The molecule has 2 aromatic rings. The van der Waals surface area contributed by atoms with Crippen molar-refractivity contribution in [3.05, 3.63) is 47.9 Å². The van der Waals surface area contributed by atoms with Crippen LogP contribution in [0.4, 0.5) is 10.2 Å². The maximum absolute atomic E-state index is 12.7. The Labute approximate surface area is 118 Å². The standard InChI is InChI=1S/C12H9FN2O5S/c13-7-1-4-11(14-6-7)15-21(19,20)8-2-3-10(16)9(5-8)12(17)18/h1-6,16H,(H,14,15)(H,17,18). The monoisotopic (exact) mass is 312 g/mol. The lowest BCUT2D eigenvalue weighted by Gasteiger charge is -2.08. The average Bonchev–Trinajstić information content (AvgIpc) is 2.41. The molecule has 0 aliphatic carbocycles. The molecule has 1 heterocycles. The molecule has 1 aromatic heterocycles. The number of anilines is 1. The molecular formula is C12H9FN2O5S. The highest BCUT2D eigenvalue weighted by Gasteiger charge is 2.19. The van der Waals surface area contributed by atoms with Gasteiger partial charge in [-0.1, -0.05) is 0 Å². The fourth-order valence-electron chi connectivity index (χ4n) is 1.49. The van der Waals surface area contributed by atoms with E-state index < -0.39 is 33.1 Å². The molecule has 0 fully saturated rings. The molecule has 0 amide bonds. The topological polar surface area (TPSA) is 117 Å². The van der Waals surface area contributed by atoms with Gasteiger partial charge < -0.3 is 10.2 Å². The number of hydrogen-bond acceptors (Lipinski definition) is 5. The summed E-state index contributed by atoms with van der Waals surface area (Å²) < 4.78 is 38.9. The summed E-state index contributed by atoms with van der Waals surface area (Å²) in [6.07, 6.45) is 0.831. The molecule has 110 valence electrons. The van der Waals surface area contributed by atoms with Crippen molar-refractivity contribution in [3.63, 3.8) is 0 Å². The lowest BCUT2D eigenvalue weighted by Crippen LogP contribution is -2.14. The number of aromatic hydroxyl groups is 1. The molecule has 0 aliphatic heterocycles. The highest BCUT2D eigenvalue weighted by atomic mass is 32.2. The minimum Gasteiger partial charge on any atom is -0.507 e.